The monoisotopic (exact) mass is 500 g/mol. The third-order valence-corrected chi connectivity index (χ3v) is 11.5. The predicted molar refractivity (Wildman–Crippen MR) is 153 cm³/mol. The second kappa shape index (κ2) is 13.5. The molecule has 4 heteroatoms. The fourth-order valence-corrected chi connectivity index (χ4v) is 9.26. The molecule has 0 bridgehead atoms. The molecule has 3 nitrogen and oxygen atoms in total. The molecule has 0 saturated heterocycles. The fraction of sp³-hybridized carbons (Fsp3) is 0.312. The van der Waals surface area contributed by atoms with Crippen molar-refractivity contribution in [1.82, 2.24) is 0 Å². The summed E-state index contributed by atoms with van der Waals surface area (Å²) in [5.41, 5.74) is 1.14. The van der Waals surface area contributed by atoms with Crippen molar-refractivity contribution in [2.75, 3.05) is 19.8 Å². The molecule has 0 aromatic heterocycles. The largest absolute Gasteiger partial charge is 0.407 e. The van der Waals surface area contributed by atoms with Gasteiger partial charge >= 0.3 is 0 Å². The van der Waals surface area contributed by atoms with Crippen LogP contribution in [0.2, 0.25) is 5.04 Å². The minimum absolute atomic E-state index is 0.0395. The topological polar surface area (TPSA) is 27.7 Å². The molecular weight excluding hydrogens is 460 g/mol. The van der Waals surface area contributed by atoms with E-state index in [1.54, 1.807) is 6.08 Å². The molecule has 3 rings (SSSR count). The SMILES string of the molecule is C=CCO[C@H](COCc1ccccc1)[C@@H](C=C)CO[Si](c1ccccc1)(c1ccccc1)C(C)(C)C. The van der Waals surface area contributed by atoms with Gasteiger partial charge in [-0.25, -0.2) is 0 Å². The van der Waals surface area contributed by atoms with Gasteiger partial charge in [0, 0.05) is 12.5 Å². The van der Waals surface area contributed by atoms with Crippen LogP contribution < -0.4 is 10.4 Å². The van der Waals surface area contributed by atoms with Gasteiger partial charge in [0.2, 0.25) is 0 Å². The Labute approximate surface area is 218 Å². The average Bonchev–Trinajstić information content (AvgIpc) is 2.90. The molecule has 0 radical (unpaired) electrons. The van der Waals surface area contributed by atoms with Gasteiger partial charge < -0.3 is 13.9 Å². The Morgan fingerprint density at radius 2 is 1.31 bits per heavy atom. The van der Waals surface area contributed by atoms with E-state index < -0.39 is 8.32 Å². The van der Waals surface area contributed by atoms with E-state index in [0.29, 0.717) is 26.4 Å². The van der Waals surface area contributed by atoms with E-state index >= 15 is 0 Å². The Balaban J connectivity index is 1.86. The summed E-state index contributed by atoms with van der Waals surface area (Å²) in [4.78, 5) is 0. The van der Waals surface area contributed by atoms with Crippen LogP contribution in [-0.2, 0) is 20.5 Å². The van der Waals surface area contributed by atoms with Crippen LogP contribution in [0.3, 0.4) is 0 Å². The number of rotatable bonds is 14. The summed E-state index contributed by atoms with van der Waals surface area (Å²) < 4.78 is 19.4. The molecule has 0 aliphatic rings. The Morgan fingerprint density at radius 1 is 0.778 bits per heavy atom. The van der Waals surface area contributed by atoms with Crippen molar-refractivity contribution in [3.05, 3.63) is 122 Å². The lowest BCUT2D eigenvalue weighted by Crippen LogP contribution is -2.67. The van der Waals surface area contributed by atoms with Gasteiger partial charge in [0.15, 0.2) is 0 Å². The van der Waals surface area contributed by atoms with E-state index in [0.717, 1.165) is 5.56 Å². The Morgan fingerprint density at radius 3 is 1.78 bits per heavy atom. The molecule has 190 valence electrons. The number of ether oxygens (including phenoxy) is 2. The second-order valence-corrected chi connectivity index (χ2v) is 14.3. The highest BCUT2D eigenvalue weighted by Crippen LogP contribution is 2.37. The van der Waals surface area contributed by atoms with E-state index in [-0.39, 0.29) is 17.1 Å². The Bertz CT molecular complexity index is 1010. The van der Waals surface area contributed by atoms with Gasteiger partial charge in [0.25, 0.3) is 8.32 Å². The zero-order valence-corrected chi connectivity index (χ0v) is 22.9. The first-order valence-electron chi connectivity index (χ1n) is 12.6. The fourth-order valence-electron chi connectivity index (χ4n) is 4.66. The standard InChI is InChI=1S/C32H40O3Si/c1-6-23-34-31(26-33-24-27-17-11-8-12-18-27)28(7-2)25-35-36(32(3,4)5,29-19-13-9-14-20-29)30-21-15-10-16-22-30/h6-22,28,31H,1-2,23-26H2,3-5H3/t28-,31+/m0/s1. The molecule has 0 fully saturated rings. The molecule has 0 amide bonds. The molecular formula is C32H40O3Si. The predicted octanol–water partition coefficient (Wildman–Crippen LogP) is 6.15. The van der Waals surface area contributed by atoms with Crippen LogP contribution in [0.1, 0.15) is 26.3 Å². The molecule has 0 unspecified atom stereocenters. The van der Waals surface area contributed by atoms with Crippen molar-refractivity contribution in [2.24, 2.45) is 5.92 Å². The molecule has 0 aliphatic carbocycles. The molecule has 0 heterocycles. The van der Waals surface area contributed by atoms with E-state index in [2.05, 4.69) is 107 Å². The molecule has 0 aliphatic heterocycles. The smallest absolute Gasteiger partial charge is 0.261 e. The van der Waals surface area contributed by atoms with E-state index in [1.807, 2.05) is 24.3 Å². The Hall–Kier alpha value is -2.76. The molecule has 0 N–H and O–H groups in total. The molecule has 3 aromatic rings. The van der Waals surface area contributed by atoms with Gasteiger partial charge in [0.1, 0.15) is 0 Å². The number of benzene rings is 3. The quantitative estimate of drug-likeness (QED) is 0.196. The Kier molecular flexibility index (Phi) is 10.4. The summed E-state index contributed by atoms with van der Waals surface area (Å²) in [6, 6.07) is 31.6. The highest BCUT2D eigenvalue weighted by atomic mass is 28.4. The third kappa shape index (κ3) is 6.92. The molecule has 2 atom stereocenters. The van der Waals surface area contributed by atoms with Crippen LogP contribution in [0.25, 0.3) is 0 Å². The van der Waals surface area contributed by atoms with Crippen LogP contribution in [0.5, 0.6) is 0 Å². The van der Waals surface area contributed by atoms with Gasteiger partial charge in [-0.3, -0.25) is 0 Å². The maximum atomic E-state index is 7.15. The molecule has 0 spiro atoms. The van der Waals surface area contributed by atoms with E-state index in [4.69, 9.17) is 13.9 Å². The summed E-state index contributed by atoms with van der Waals surface area (Å²) in [6.07, 6.45) is 3.52. The summed E-state index contributed by atoms with van der Waals surface area (Å²) in [5.74, 6) is -0.0395. The van der Waals surface area contributed by atoms with Crippen LogP contribution in [0.4, 0.5) is 0 Å². The molecule has 3 aromatic carbocycles. The van der Waals surface area contributed by atoms with Gasteiger partial charge in [-0.1, -0.05) is 124 Å². The van der Waals surface area contributed by atoms with Crippen molar-refractivity contribution in [1.29, 1.82) is 0 Å². The first-order valence-corrected chi connectivity index (χ1v) is 14.5. The highest BCUT2D eigenvalue weighted by molar-refractivity contribution is 6.99. The lowest BCUT2D eigenvalue weighted by Gasteiger charge is -2.44. The molecule has 36 heavy (non-hydrogen) atoms. The van der Waals surface area contributed by atoms with Crippen molar-refractivity contribution in [2.45, 2.75) is 38.5 Å². The first kappa shape index (κ1) is 27.8. The lowest BCUT2D eigenvalue weighted by molar-refractivity contribution is -0.0397. The van der Waals surface area contributed by atoms with Crippen molar-refractivity contribution in [3.63, 3.8) is 0 Å². The van der Waals surface area contributed by atoms with Crippen LogP contribution in [0.15, 0.2) is 116 Å². The minimum atomic E-state index is -2.65. The number of hydrogen-bond donors (Lipinski definition) is 0. The van der Waals surface area contributed by atoms with E-state index in [1.165, 1.54) is 10.4 Å². The maximum Gasteiger partial charge on any atom is 0.261 e. The van der Waals surface area contributed by atoms with Crippen LogP contribution in [-0.4, -0.2) is 34.2 Å². The third-order valence-electron chi connectivity index (χ3n) is 6.51. The maximum absolute atomic E-state index is 7.15. The van der Waals surface area contributed by atoms with Gasteiger partial charge in [-0.05, 0) is 21.0 Å². The van der Waals surface area contributed by atoms with Crippen molar-refractivity contribution in [3.8, 4) is 0 Å². The van der Waals surface area contributed by atoms with Crippen molar-refractivity contribution >= 4 is 18.7 Å². The van der Waals surface area contributed by atoms with Crippen LogP contribution in [0, 0.1) is 5.92 Å². The lowest BCUT2D eigenvalue weighted by atomic mass is 10.0. The van der Waals surface area contributed by atoms with Crippen molar-refractivity contribution < 1.29 is 13.9 Å². The zero-order valence-electron chi connectivity index (χ0n) is 21.9. The highest BCUT2D eigenvalue weighted by Gasteiger charge is 2.50. The summed E-state index contributed by atoms with van der Waals surface area (Å²) in [7, 11) is -2.65. The van der Waals surface area contributed by atoms with Gasteiger partial charge in [0.05, 0.1) is 25.9 Å². The van der Waals surface area contributed by atoms with Gasteiger partial charge in [-0.2, -0.15) is 0 Å². The minimum Gasteiger partial charge on any atom is -0.407 e. The second-order valence-electron chi connectivity index (χ2n) is 10.0. The average molecular weight is 501 g/mol. The molecule has 0 saturated carbocycles. The van der Waals surface area contributed by atoms with Crippen LogP contribution >= 0.6 is 0 Å². The first-order chi connectivity index (χ1) is 17.4. The normalized spacial score (nSPS) is 13.6. The summed E-state index contributed by atoms with van der Waals surface area (Å²) in [5, 5.41) is 2.42. The summed E-state index contributed by atoms with van der Waals surface area (Å²) >= 11 is 0. The zero-order chi connectivity index (χ0) is 25.9. The number of hydrogen-bond acceptors (Lipinski definition) is 3. The summed E-state index contributed by atoms with van der Waals surface area (Å²) in [6.45, 7) is 16.8. The van der Waals surface area contributed by atoms with E-state index in [9.17, 15) is 0 Å². The van der Waals surface area contributed by atoms with Gasteiger partial charge in [-0.15, -0.1) is 13.2 Å².